The standard InChI is InChI=1S/C26H32N4O2S2/c1-6-13-27-20(31)15-29-21(32)16-34-23(19-12-9-14-33-19)22-24(26(3,4)5)28-30(25(22)29)18-11-8-7-10-17(18)2/h7-12,14,23H,6,13,15-16H2,1-5H3,(H,27,31)/t23-/m0/s1. The van der Waals surface area contributed by atoms with Crippen LogP contribution in [0.25, 0.3) is 5.69 Å². The molecule has 0 radical (unpaired) electrons. The summed E-state index contributed by atoms with van der Waals surface area (Å²) in [7, 11) is 0. The van der Waals surface area contributed by atoms with Gasteiger partial charge in [0.05, 0.1) is 22.4 Å². The van der Waals surface area contributed by atoms with E-state index in [1.807, 2.05) is 48.9 Å². The molecule has 0 unspecified atom stereocenters. The Morgan fingerprint density at radius 2 is 1.97 bits per heavy atom. The monoisotopic (exact) mass is 496 g/mol. The molecule has 1 aliphatic heterocycles. The highest BCUT2D eigenvalue weighted by molar-refractivity contribution is 8.00. The van der Waals surface area contributed by atoms with Gasteiger partial charge in [0.25, 0.3) is 0 Å². The summed E-state index contributed by atoms with van der Waals surface area (Å²) < 4.78 is 1.89. The lowest BCUT2D eigenvalue weighted by atomic mass is 9.88. The zero-order valence-corrected chi connectivity index (χ0v) is 22.1. The highest BCUT2D eigenvalue weighted by Crippen LogP contribution is 2.49. The van der Waals surface area contributed by atoms with Gasteiger partial charge in [-0.05, 0) is 36.4 Å². The number of thiophene rings is 1. The van der Waals surface area contributed by atoms with Gasteiger partial charge < -0.3 is 5.32 Å². The second-order valence-electron chi connectivity index (χ2n) is 9.57. The zero-order chi connectivity index (χ0) is 24.5. The summed E-state index contributed by atoms with van der Waals surface area (Å²) >= 11 is 3.31. The second-order valence-corrected chi connectivity index (χ2v) is 11.6. The third-order valence-corrected chi connectivity index (χ3v) is 8.14. The van der Waals surface area contributed by atoms with Crippen molar-refractivity contribution >= 4 is 40.7 Å². The van der Waals surface area contributed by atoms with Gasteiger partial charge in [-0.1, -0.05) is 52.0 Å². The molecule has 34 heavy (non-hydrogen) atoms. The van der Waals surface area contributed by atoms with Crippen molar-refractivity contribution in [1.29, 1.82) is 0 Å². The van der Waals surface area contributed by atoms with E-state index in [0.29, 0.717) is 18.1 Å². The molecule has 3 aromatic rings. The average molecular weight is 497 g/mol. The normalized spacial score (nSPS) is 16.3. The Kier molecular flexibility index (Phi) is 7.19. The number of nitrogens with one attached hydrogen (secondary N) is 1. The first kappa shape index (κ1) is 24.5. The van der Waals surface area contributed by atoms with E-state index in [1.165, 1.54) is 4.88 Å². The van der Waals surface area contributed by atoms with Gasteiger partial charge >= 0.3 is 0 Å². The number of nitrogens with zero attached hydrogens (tertiary/aromatic N) is 3. The van der Waals surface area contributed by atoms with Gasteiger partial charge in [-0.2, -0.15) is 5.10 Å². The molecule has 8 heteroatoms. The van der Waals surface area contributed by atoms with E-state index in [-0.39, 0.29) is 29.0 Å². The number of aryl methyl sites for hydroxylation is 1. The number of para-hydroxylation sites is 1. The van der Waals surface area contributed by atoms with Crippen LogP contribution in [0.3, 0.4) is 0 Å². The van der Waals surface area contributed by atoms with Crippen molar-refractivity contribution in [2.45, 2.75) is 51.7 Å². The fraction of sp³-hybridized carbons (Fsp3) is 0.423. The van der Waals surface area contributed by atoms with E-state index in [1.54, 1.807) is 28.0 Å². The summed E-state index contributed by atoms with van der Waals surface area (Å²) in [4.78, 5) is 29.2. The van der Waals surface area contributed by atoms with E-state index < -0.39 is 0 Å². The van der Waals surface area contributed by atoms with E-state index in [2.05, 4.69) is 37.5 Å². The van der Waals surface area contributed by atoms with Crippen molar-refractivity contribution in [3.63, 3.8) is 0 Å². The lowest BCUT2D eigenvalue weighted by Gasteiger charge is -2.24. The SMILES string of the molecule is CCCNC(=O)CN1C(=O)CS[C@@H](c2cccs2)c2c(C(C)(C)C)nn(-c3ccccc3C)c21. The number of benzene rings is 1. The van der Waals surface area contributed by atoms with Crippen LogP contribution in [0.2, 0.25) is 0 Å². The quantitative estimate of drug-likeness (QED) is 0.507. The Hall–Kier alpha value is -2.58. The number of amides is 2. The molecule has 0 saturated heterocycles. The number of rotatable bonds is 6. The summed E-state index contributed by atoms with van der Waals surface area (Å²) in [5.41, 5.74) is 3.69. The summed E-state index contributed by atoms with van der Waals surface area (Å²) in [6.07, 6.45) is 0.844. The van der Waals surface area contributed by atoms with Gasteiger partial charge in [-0.3, -0.25) is 14.5 Å². The molecule has 2 amide bonds. The summed E-state index contributed by atoms with van der Waals surface area (Å²) in [5, 5.41) is 10.1. The Morgan fingerprint density at radius 1 is 1.21 bits per heavy atom. The number of fused-ring (bicyclic) bond motifs is 1. The van der Waals surface area contributed by atoms with Crippen molar-refractivity contribution in [3.05, 3.63) is 63.5 Å². The number of hydrogen-bond donors (Lipinski definition) is 1. The molecule has 0 bridgehead atoms. The molecule has 1 aliphatic rings. The second kappa shape index (κ2) is 9.96. The number of carbonyl (C=O) groups is 2. The van der Waals surface area contributed by atoms with Gasteiger partial charge in [0, 0.05) is 22.4 Å². The maximum Gasteiger partial charge on any atom is 0.240 e. The smallest absolute Gasteiger partial charge is 0.240 e. The van der Waals surface area contributed by atoms with E-state index in [0.717, 1.165) is 28.9 Å². The topological polar surface area (TPSA) is 67.2 Å². The molecule has 0 aliphatic carbocycles. The number of carbonyl (C=O) groups excluding carboxylic acids is 2. The van der Waals surface area contributed by atoms with Gasteiger partial charge in [0.2, 0.25) is 11.8 Å². The lowest BCUT2D eigenvalue weighted by Crippen LogP contribution is -2.42. The molecular formula is C26H32N4O2S2. The molecule has 180 valence electrons. The maximum atomic E-state index is 13.5. The molecular weight excluding hydrogens is 464 g/mol. The van der Waals surface area contributed by atoms with Crippen LogP contribution < -0.4 is 10.2 Å². The molecule has 0 saturated carbocycles. The summed E-state index contributed by atoms with van der Waals surface area (Å²) in [6.45, 7) is 11.1. The Labute approximate surface area is 209 Å². The van der Waals surface area contributed by atoms with E-state index in [4.69, 9.17) is 5.10 Å². The molecule has 0 spiro atoms. The van der Waals surface area contributed by atoms with E-state index >= 15 is 0 Å². The highest BCUT2D eigenvalue weighted by atomic mass is 32.2. The molecule has 1 aromatic carbocycles. The third kappa shape index (κ3) is 4.79. The molecule has 0 fully saturated rings. The summed E-state index contributed by atoms with van der Waals surface area (Å²) in [6, 6.07) is 12.2. The average Bonchev–Trinajstić information content (AvgIpc) is 3.43. The van der Waals surface area contributed by atoms with Crippen LogP contribution in [0.1, 0.15) is 61.1 Å². The van der Waals surface area contributed by atoms with Crippen LogP contribution in [0.4, 0.5) is 5.82 Å². The van der Waals surface area contributed by atoms with Crippen LogP contribution in [0.5, 0.6) is 0 Å². The number of anilines is 1. The van der Waals surface area contributed by atoms with Crippen molar-refractivity contribution < 1.29 is 9.59 Å². The van der Waals surface area contributed by atoms with Crippen LogP contribution in [-0.4, -0.2) is 40.4 Å². The minimum absolute atomic E-state index is 0.0231. The van der Waals surface area contributed by atoms with Crippen molar-refractivity contribution in [2.24, 2.45) is 0 Å². The predicted molar refractivity (Wildman–Crippen MR) is 141 cm³/mol. The zero-order valence-electron chi connectivity index (χ0n) is 20.4. The van der Waals surface area contributed by atoms with E-state index in [9.17, 15) is 9.59 Å². The molecule has 6 nitrogen and oxygen atoms in total. The molecule has 4 rings (SSSR count). The fourth-order valence-electron chi connectivity index (χ4n) is 4.17. The number of aromatic nitrogens is 2. The van der Waals surface area contributed by atoms with Crippen LogP contribution >= 0.6 is 23.1 Å². The lowest BCUT2D eigenvalue weighted by molar-refractivity contribution is -0.122. The first-order chi connectivity index (χ1) is 16.2. The first-order valence-electron chi connectivity index (χ1n) is 11.6. The van der Waals surface area contributed by atoms with Gasteiger partial charge in [-0.15, -0.1) is 23.1 Å². The minimum atomic E-state index is -0.252. The van der Waals surface area contributed by atoms with Crippen LogP contribution in [-0.2, 0) is 15.0 Å². The summed E-state index contributed by atoms with van der Waals surface area (Å²) in [5.74, 6) is 0.775. The molecule has 1 N–H and O–H groups in total. The molecule has 3 heterocycles. The fourth-order valence-corrected chi connectivity index (χ4v) is 6.35. The third-order valence-electron chi connectivity index (χ3n) is 5.82. The van der Waals surface area contributed by atoms with Gasteiger partial charge in [0.15, 0.2) is 0 Å². The predicted octanol–water partition coefficient (Wildman–Crippen LogP) is 5.24. The van der Waals surface area contributed by atoms with Crippen molar-refractivity contribution in [1.82, 2.24) is 15.1 Å². The van der Waals surface area contributed by atoms with Gasteiger partial charge in [-0.25, -0.2) is 4.68 Å². The Morgan fingerprint density at radius 3 is 2.62 bits per heavy atom. The largest absolute Gasteiger partial charge is 0.355 e. The van der Waals surface area contributed by atoms with Crippen LogP contribution in [0, 0.1) is 6.92 Å². The number of hydrogen-bond acceptors (Lipinski definition) is 5. The first-order valence-corrected chi connectivity index (χ1v) is 13.6. The maximum absolute atomic E-state index is 13.5. The van der Waals surface area contributed by atoms with Crippen molar-refractivity contribution in [3.8, 4) is 5.69 Å². The Balaban J connectivity index is 1.99. The molecule has 2 aromatic heterocycles. The van der Waals surface area contributed by atoms with Crippen molar-refractivity contribution in [2.75, 3.05) is 23.7 Å². The van der Waals surface area contributed by atoms with Crippen LogP contribution in [0.15, 0.2) is 41.8 Å². The minimum Gasteiger partial charge on any atom is -0.355 e. The number of thioether (sulfide) groups is 1. The van der Waals surface area contributed by atoms with Gasteiger partial charge in [0.1, 0.15) is 12.4 Å². The highest BCUT2D eigenvalue weighted by Gasteiger charge is 2.40. The molecule has 1 atom stereocenters. The Bertz CT molecular complexity index is 1180.